The normalized spacial score (nSPS) is 10.3. The molecule has 0 aliphatic rings. The van der Waals surface area contributed by atoms with Crippen molar-refractivity contribution < 1.29 is 9.59 Å². The van der Waals surface area contributed by atoms with E-state index in [0.717, 1.165) is 12.2 Å². The summed E-state index contributed by atoms with van der Waals surface area (Å²) in [5.41, 5.74) is 1.45. The Morgan fingerprint density at radius 1 is 0.952 bits per heavy atom. The summed E-state index contributed by atoms with van der Waals surface area (Å²) in [6.07, 6.45) is 10.9. The minimum absolute atomic E-state index is 0.350. The van der Waals surface area contributed by atoms with Crippen molar-refractivity contribution in [3.63, 3.8) is 0 Å². The molecule has 0 aliphatic heterocycles. The monoisotopic (exact) mass is 289 g/mol. The number of rotatable bonds is 12. The number of carbonyl (C=O) groups excluding carboxylic acids is 2. The first-order valence-corrected chi connectivity index (χ1v) is 8.11. The Hall–Kier alpha value is -1.64. The number of hydrogen-bond acceptors (Lipinski definition) is 3. The number of benzene rings is 1. The number of anilines is 1. The molecule has 0 fully saturated rings. The molecule has 0 saturated carbocycles. The molecular weight excluding hydrogens is 262 g/mol. The molecule has 0 aliphatic carbocycles. The minimum Gasteiger partial charge on any atom is -0.385 e. The van der Waals surface area contributed by atoms with Gasteiger partial charge in [0.05, 0.1) is 0 Å². The lowest BCUT2D eigenvalue weighted by atomic mass is 10.1. The van der Waals surface area contributed by atoms with Crippen LogP contribution in [0.3, 0.4) is 0 Å². The van der Waals surface area contributed by atoms with E-state index in [2.05, 4.69) is 12.2 Å². The van der Waals surface area contributed by atoms with Gasteiger partial charge in [-0.15, -0.1) is 0 Å². The summed E-state index contributed by atoms with van der Waals surface area (Å²) >= 11 is 0. The summed E-state index contributed by atoms with van der Waals surface area (Å²) in [5, 5.41) is 3.34. The Kier molecular flexibility index (Phi) is 9.18. The summed E-state index contributed by atoms with van der Waals surface area (Å²) in [6.45, 7) is 3.20. The highest BCUT2D eigenvalue weighted by atomic mass is 16.2. The summed E-state index contributed by atoms with van der Waals surface area (Å²) in [7, 11) is 0. The van der Waals surface area contributed by atoms with Crippen molar-refractivity contribution in [1.82, 2.24) is 0 Å². The molecule has 0 spiro atoms. The van der Waals surface area contributed by atoms with Crippen molar-refractivity contribution >= 4 is 17.8 Å². The lowest BCUT2D eigenvalue weighted by Gasteiger charge is -2.06. The molecule has 3 heteroatoms. The molecule has 0 heterocycles. The van der Waals surface area contributed by atoms with Crippen LogP contribution >= 0.6 is 0 Å². The van der Waals surface area contributed by atoms with Crippen molar-refractivity contribution in [3.05, 3.63) is 29.8 Å². The van der Waals surface area contributed by atoms with Crippen LogP contribution in [0.15, 0.2) is 24.3 Å². The first-order valence-electron chi connectivity index (χ1n) is 8.11. The Labute approximate surface area is 128 Å². The second-order valence-electron chi connectivity index (χ2n) is 5.46. The summed E-state index contributed by atoms with van der Waals surface area (Å²) in [5.74, 6) is -0.468. The molecule has 21 heavy (non-hydrogen) atoms. The maximum Gasteiger partial charge on any atom is 0.225 e. The van der Waals surface area contributed by atoms with Gasteiger partial charge in [-0.2, -0.15) is 0 Å². The van der Waals surface area contributed by atoms with Gasteiger partial charge in [0.1, 0.15) is 0 Å². The molecule has 0 unspecified atom stereocenters. The van der Waals surface area contributed by atoms with E-state index in [0.29, 0.717) is 11.8 Å². The first kappa shape index (κ1) is 17.4. The molecule has 0 aromatic heterocycles. The third-order valence-electron chi connectivity index (χ3n) is 3.64. The second-order valence-corrected chi connectivity index (χ2v) is 5.46. The van der Waals surface area contributed by atoms with Crippen LogP contribution in [-0.4, -0.2) is 18.6 Å². The van der Waals surface area contributed by atoms with Gasteiger partial charge >= 0.3 is 0 Å². The van der Waals surface area contributed by atoms with E-state index in [-0.39, 0.29) is 0 Å². The van der Waals surface area contributed by atoms with Gasteiger partial charge in [-0.3, -0.25) is 9.59 Å². The van der Waals surface area contributed by atoms with E-state index < -0.39 is 5.78 Å². The van der Waals surface area contributed by atoms with E-state index in [1.807, 2.05) is 12.1 Å². The van der Waals surface area contributed by atoms with Crippen molar-refractivity contribution in [3.8, 4) is 0 Å². The van der Waals surface area contributed by atoms with Crippen LogP contribution < -0.4 is 5.32 Å². The van der Waals surface area contributed by atoms with E-state index in [1.165, 1.54) is 51.4 Å². The Balaban J connectivity index is 2.07. The van der Waals surface area contributed by atoms with E-state index in [4.69, 9.17) is 0 Å². The van der Waals surface area contributed by atoms with Crippen LogP contribution in [0, 0.1) is 0 Å². The van der Waals surface area contributed by atoms with Crippen LogP contribution in [0.1, 0.15) is 68.6 Å². The number of nitrogens with one attached hydrogen (secondary N) is 1. The van der Waals surface area contributed by atoms with Gasteiger partial charge in [0.2, 0.25) is 5.78 Å². The van der Waals surface area contributed by atoms with E-state index >= 15 is 0 Å². The molecule has 1 N–H and O–H groups in total. The fourth-order valence-corrected chi connectivity index (χ4v) is 2.31. The molecule has 3 nitrogen and oxygen atoms in total. The molecular formula is C18H27NO2. The Morgan fingerprint density at radius 2 is 1.52 bits per heavy atom. The van der Waals surface area contributed by atoms with Gasteiger partial charge in [-0.05, 0) is 30.7 Å². The molecule has 1 rings (SSSR count). The summed E-state index contributed by atoms with van der Waals surface area (Å²) in [4.78, 5) is 21.5. The number of ketones is 1. The second kappa shape index (κ2) is 11.1. The van der Waals surface area contributed by atoms with Gasteiger partial charge < -0.3 is 5.32 Å². The van der Waals surface area contributed by atoms with Gasteiger partial charge in [-0.1, -0.05) is 51.9 Å². The molecule has 0 radical (unpaired) electrons. The molecule has 0 amide bonds. The standard InChI is InChI=1S/C18H27NO2/c1-2-3-4-5-6-7-8-9-14-19-17-12-10-16(11-13-17)18(21)15-20/h10-13,15,19H,2-9,14H2,1H3. The van der Waals surface area contributed by atoms with Gasteiger partial charge in [0, 0.05) is 17.8 Å². The highest BCUT2D eigenvalue weighted by Gasteiger charge is 2.02. The van der Waals surface area contributed by atoms with Crippen LogP contribution in [0.25, 0.3) is 0 Å². The van der Waals surface area contributed by atoms with Gasteiger partial charge in [0.15, 0.2) is 6.29 Å². The fourth-order valence-electron chi connectivity index (χ4n) is 2.31. The largest absolute Gasteiger partial charge is 0.385 e. The zero-order chi connectivity index (χ0) is 15.3. The molecule has 1 aromatic carbocycles. The van der Waals surface area contributed by atoms with Gasteiger partial charge in [-0.25, -0.2) is 0 Å². The number of hydrogen-bond donors (Lipinski definition) is 1. The molecule has 0 saturated heterocycles. The highest BCUT2D eigenvalue weighted by Crippen LogP contribution is 2.11. The third-order valence-corrected chi connectivity index (χ3v) is 3.64. The van der Waals surface area contributed by atoms with Crippen LogP contribution in [0.5, 0.6) is 0 Å². The quantitative estimate of drug-likeness (QED) is 0.264. The van der Waals surface area contributed by atoms with E-state index in [1.54, 1.807) is 12.1 Å². The summed E-state index contributed by atoms with van der Waals surface area (Å²) in [6, 6.07) is 7.07. The zero-order valence-corrected chi connectivity index (χ0v) is 13.1. The lowest BCUT2D eigenvalue weighted by molar-refractivity contribution is -0.104. The molecule has 1 aromatic rings. The van der Waals surface area contributed by atoms with Crippen LogP contribution in [0.2, 0.25) is 0 Å². The average Bonchev–Trinajstić information content (AvgIpc) is 2.53. The Bertz CT molecular complexity index is 412. The third kappa shape index (κ3) is 7.64. The van der Waals surface area contributed by atoms with Crippen molar-refractivity contribution in [2.24, 2.45) is 0 Å². The predicted molar refractivity (Wildman–Crippen MR) is 87.9 cm³/mol. The van der Waals surface area contributed by atoms with Crippen molar-refractivity contribution in [2.45, 2.75) is 58.3 Å². The zero-order valence-electron chi connectivity index (χ0n) is 13.1. The van der Waals surface area contributed by atoms with Crippen molar-refractivity contribution in [2.75, 3.05) is 11.9 Å². The minimum atomic E-state index is -0.468. The maximum absolute atomic E-state index is 11.2. The fraction of sp³-hybridized carbons (Fsp3) is 0.556. The predicted octanol–water partition coefficient (Wildman–Crippen LogP) is 4.62. The number of carbonyl (C=O) groups is 2. The lowest BCUT2D eigenvalue weighted by Crippen LogP contribution is -2.03. The molecule has 116 valence electrons. The molecule has 0 bridgehead atoms. The SMILES string of the molecule is CCCCCCCCCCNc1ccc(C(=O)C=O)cc1. The van der Waals surface area contributed by atoms with Crippen molar-refractivity contribution in [1.29, 1.82) is 0 Å². The van der Waals surface area contributed by atoms with Gasteiger partial charge in [0.25, 0.3) is 0 Å². The maximum atomic E-state index is 11.2. The van der Waals surface area contributed by atoms with Crippen LogP contribution in [-0.2, 0) is 4.79 Å². The topological polar surface area (TPSA) is 46.2 Å². The highest BCUT2D eigenvalue weighted by molar-refractivity contribution is 6.33. The average molecular weight is 289 g/mol. The summed E-state index contributed by atoms with van der Waals surface area (Å²) < 4.78 is 0. The number of Topliss-reactive ketones (excluding diaryl/α,β-unsaturated/α-hetero) is 1. The number of unbranched alkanes of at least 4 members (excludes halogenated alkanes) is 7. The van der Waals surface area contributed by atoms with Crippen LogP contribution in [0.4, 0.5) is 5.69 Å². The first-order chi connectivity index (χ1) is 10.3. The molecule has 0 atom stereocenters. The smallest absolute Gasteiger partial charge is 0.225 e. The van der Waals surface area contributed by atoms with E-state index in [9.17, 15) is 9.59 Å². The number of aldehydes is 1. The Morgan fingerprint density at radius 3 is 2.10 bits per heavy atom.